The minimum atomic E-state index is -1.30. The molecule has 3 N–H and O–H groups in total. The largest absolute Gasteiger partial charge is 0.463 e. The van der Waals surface area contributed by atoms with E-state index in [1.807, 2.05) is 13.8 Å². The van der Waals surface area contributed by atoms with Gasteiger partial charge in [-0.3, -0.25) is 9.59 Å². The molecule has 118 valence electrons. The summed E-state index contributed by atoms with van der Waals surface area (Å²) >= 11 is 0. The third-order valence-electron chi connectivity index (χ3n) is 3.19. The van der Waals surface area contributed by atoms with E-state index in [1.54, 1.807) is 26.0 Å². The predicted molar refractivity (Wildman–Crippen MR) is 78.5 cm³/mol. The van der Waals surface area contributed by atoms with Crippen molar-refractivity contribution in [2.45, 2.75) is 46.3 Å². The fourth-order valence-electron chi connectivity index (χ4n) is 1.93. The van der Waals surface area contributed by atoms with Crippen molar-refractivity contribution in [3.05, 3.63) is 23.7 Å². The number of carbonyl (C=O) groups is 2. The smallest absolute Gasteiger partial charge is 0.242 e. The molecule has 0 aromatic carbocycles. The van der Waals surface area contributed by atoms with Gasteiger partial charge >= 0.3 is 0 Å². The molecule has 1 rings (SSSR count). The molecule has 0 aliphatic rings. The Morgan fingerprint density at radius 2 is 2.00 bits per heavy atom. The fourth-order valence-corrected chi connectivity index (χ4v) is 1.93. The van der Waals surface area contributed by atoms with E-state index >= 15 is 0 Å². The lowest BCUT2D eigenvalue weighted by atomic mass is 10.0. The molecule has 0 aliphatic heterocycles. The van der Waals surface area contributed by atoms with Gasteiger partial charge in [-0.1, -0.05) is 13.8 Å². The number of furan rings is 1. The maximum Gasteiger partial charge on any atom is 0.242 e. The minimum absolute atomic E-state index is 0.00158. The summed E-state index contributed by atoms with van der Waals surface area (Å²) in [5.41, 5.74) is -1.30. The van der Waals surface area contributed by atoms with Crippen molar-refractivity contribution in [2.75, 3.05) is 6.54 Å². The molecular formula is C15H24N2O4. The zero-order valence-electron chi connectivity index (χ0n) is 13.2. The SMILES string of the molecule is CC(=O)NC(C(=O)NCC(C)(O)c1ccc(C)o1)C(C)C. The number of nitrogens with one attached hydrogen (secondary N) is 2. The maximum absolute atomic E-state index is 12.1. The van der Waals surface area contributed by atoms with Gasteiger partial charge in [0.2, 0.25) is 11.8 Å². The second-order valence-corrected chi connectivity index (χ2v) is 5.82. The van der Waals surface area contributed by atoms with Crippen LogP contribution in [0.4, 0.5) is 0 Å². The molecule has 0 radical (unpaired) electrons. The highest BCUT2D eigenvalue weighted by Crippen LogP contribution is 2.22. The van der Waals surface area contributed by atoms with Crippen LogP contribution in [-0.2, 0) is 15.2 Å². The Morgan fingerprint density at radius 3 is 2.43 bits per heavy atom. The first kappa shape index (κ1) is 17.2. The average Bonchev–Trinajstić information content (AvgIpc) is 2.80. The van der Waals surface area contributed by atoms with Crippen LogP contribution in [0.15, 0.2) is 16.5 Å². The molecule has 1 aromatic rings. The molecule has 6 heteroatoms. The molecule has 2 amide bonds. The van der Waals surface area contributed by atoms with Gasteiger partial charge in [0.25, 0.3) is 0 Å². The summed E-state index contributed by atoms with van der Waals surface area (Å²) in [5, 5.41) is 15.6. The quantitative estimate of drug-likeness (QED) is 0.732. The molecule has 2 atom stereocenters. The molecule has 6 nitrogen and oxygen atoms in total. The highest BCUT2D eigenvalue weighted by atomic mass is 16.4. The fraction of sp³-hybridized carbons (Fsp3) is 0.600. The van der Waals surface area contributed by atoms with Gasteiger partial charge in [0.05, 0.1) is 6.54 Å². The van der Waals surface area contributed by atoms with Crippen molar-refractivity contribution in [2.24, 2.45) is 5.92 Å². The van der Waals surface area contributed by atoms with E-state index in [-0.39, 0.29) is 24.3 Å². The number of hydrogen-bond acceptors (Lipinski definition) is 4. The van der Waals surface area contributed by atoms with E-state index in [9.17, 15) is 14.7 Å². The molecule has 21 heavy (non-hydrogen) atoms. The molecule has 0 fully saturated rings. The number of rotatable bonds is 6. The van der Waals surface area contributed by atoms with Gasteiger partial charge in [-0.25, -0.2) is 0 Å². The van der Waals surface area contributed by atoms with Gasteiger partial charge in [-0.2, -0.15) is 0 Å². The van der Waals surface area contributed by atoms with Crippen LogP contribution in [0.5, 0.6) is 0 Å². The lowest BCUT2D eigenvalue weighted by molar-refractivity contribution is -0.130. The summed E-state index contributed by atoms with van der Waals surface area (Å²) in [6.45, 7) is 8.40. The van der Waals surface area contributed by atoms with Crippen LogP contribution >= 0.6 is 0 Å². The van der Waals surface area contributed by atoms with Crippen LogP contribution in [0.3, 0.4) is 0 Å². The molecule has 0 aliphatic carbocycles. The first-order valence-electron chi connectivity index (χ1n) is 6.97. The third-order valence-corrected chi connectivity index (χ3v) is 3.19. The number of carbonyl (C=O) groups excluding carboxylic acids is 2. The summed E-state index contributed by atoms with van der Waals surface area (Å²) < 4.78 is 5.38. The highest BCUT2D eigenvalue weighted by molar-refractivity contribution is 5.87. The second-order valence-electron chi connectivity index (χ2n) is 5.82. The van der Waals surface area contributed by atoms with Crippen LogP contribution in [0.1, 0.15) is 39.2 Å². The van der Waals surface area contributed by atoms with Crippen molar-refractivity contribution >= 4 is 11.8 Å². The molecule has 1 aromatic heterocycles. The first-order chi connectivity index (χ1) is 9.63. The van der Waals surface area contributed by atoms with E-state index in [2.05, 4.69) is 10.6 Å². The first-order valence-corrected chi connectivity index (χ1v) is 6.97. The van der Waals surface area contributed by atoms with E-state index in [1.165, 1.54) is 6.92 Å². The van der Waals surface area contributed by atoms with E-state index < -0.39 is 11.6 Å². The number of hydrogen-bond donors (Lipinski definition) is 3. The van der Waals surface area contributed by atoms with Crippen molar-refractivity contribution in [1.82, 2.24) is 10.6 Å². The maximum atomic E-state index is 12.1. The van der Waals surface area contributed by atoms with E-state index in [0.29, 0.717) is 11.5 Å². The molecule has 0 saturated heterocycles. The normalized spacial score (nSPS) is 15.4. The number of aryl methyl sites for hydroxylation is 1. The Labute approximate surface area is 124 Å². The van der Waals surface area contributed by atoms with E-state index in [0.717, 1.165) is 0 Å². The van der Waals surface area contributed by atoms with Crippen LogP contribution in [0, 0.1) is 12.8 Å². The Kier molecular flexibility index (Phi) is 5.54. The lowest BCUT2D eigenvalue weighted by Gasteiger charge is -2.25. The second kappa shape index (κ2) is 6.76. The Bertz CT molecular complexity index is 506. The van der Waals surface area contributed by atoms with Gasteiger partial charge < -0.3 is 20.2 Å². The van der Waals surface area contributed by atoms with Crippen molar-refractivity contribution in [1.29, 1.82) is 0 Å². The average molecular weight is 296 g/mol. The summed E-state index contributed by atoms with van der Waals surface area (Å²) in [4.78, 5) is 23.3. The van der Waals surface area contributed by atoms with E-state index in [4.69, 9.17) is 4.42 Å². The zero-order valence-corrected chi connectivity index (χ0v) is 13.2. The lowest BCUT2D eigenvalue weighted by Crippen LogP contribution is -2.51. The van der Waals surface area contributed by atoms with Crippen molar-refractivity contribution in [3.8, 4) is 0 Å². The minimum Gasteiger partial charge on any atom is -0.463 e. The monoisotopic (exact) mass is 296 g/mol. The Morgan fingerprint density at radius 1 is 1.38 bits per heavy atom. The van der Waals surface area contributed by atoms with Crippen molar-refractivity contribution in [3.63, 3.8) is 0 Å². The highest BCUT2D eigenvalue weighted by Gasteiger charge is 2.30. The Hall–Kier alpha value is -1.82. The zero-order chi connectivity index (χ0) is 16.2. The van der Waals surface area contributed by atoms with Crippen LogP contribution in [0.25, 0.3) is 0 Å². The van der Waals surface area contributed by atoms with Gasteiger partial charge in [0, 0.05) is 6.92 Å². The van der Waals surface area contributed by atoms with Gasteiger partial charge in [-0.05, 0) is 31.9 Å². The van der Waals surface area contributed by atoms with Crippen molar-refractivity contribution < 1.29 is 19.1 Å². The summed E-state index contributed by atoms with van der Waals surface area (Å²) in [7, 11) is 0. The summed E-state index contributed by atoms with van der Waals surface area (Å²) in [6, 6.07) is 2.80. The summed E-state index contributed by atoms with van der Waals surface area (Å²) in [5.74, 6) is 0.432. The van der Waals surface area contributed by atoms with Gasteiger partial charge in [0.15, 0.2) is 0 Å². The molecule has 2 unspecified atom stereocenters. The van der Waals surface area contributed by atoms with Crippen LogP contribution in [-0.4, -0.2) is 29.5 Å². The predicted octanol–water partition coefficient (Wildman–Crippen LogP) is 1.07. The van der Waals surface area contributed by atoms with Gasteiger partial charge in [0.1, 0.15) is 23.2 Å². The third kappa shape index (κ3) is 4.90. The van der Waals surface area contributed by atoms with Crippen LogP contribution < -0.4 is 10.6 Å². The number of aliphatic hydroxyl groups is 1. The number of amides is 2. The molecule has 0 saturated carbocycles. The summed E-state index contributed by atoms with van der Waals surface area (Å²) in [6.07, 6.45) is 0. The topological polar surface area (TPSA) is 91.6 Å². The molecule has 1 heterocycles. The molecule has 0 bridgehead atoms. The van der Waals surface area contributed by atoms with Gasteiger partial charge in [-0.15, -0.1) is 0 Å². The standard InChI is InChI=1S/C15H24N2O4/c1-9(2)13(17-11(4)18)14(19)16-8-15(5,20)12-7-6-10(3)21-12/h6-7,9,13,20H,8H2,1-5H3,(H,16,19)(H,17,18). The molecular weight excluding hydrogens is 272 g/mol. The molecule has 0 spiro atoms. The van der Waals surface area contributed by atoms with Crippen LogP contribution in [0.2, 0.25) is 0 Å². The Balaban J connectivity index is 2.67.